The van der Waals surface area contributed by atoms with Crippen molar-refractivity contribution in [2.45, 2.75) is 37.8 Å². The summed E-state index contributed by atoms with van der Waals surface area (Å²) in [5, 5.41) is 3.01. The van der Waals surface area contributed by atoms with Crippen molar-refractivity contribution in [1.29, 1.82) is 0 Å². The molecule has 2 saturated heterocycles. The van der Waals surface area contributed by atoms with Gasteiger partial charge in [0.2, 0.25) is 5.91 Å². The first-order valence-corrected chi connectivity index (χ1v) is 10.2. The van der Waals surface area contributed by atoms with Gasteiger partial charge < -0.3 is 19.5 Å². The van der Waals surface area contributed by atoms with Gasteiger partial charge in [0.25, 0.3) is 5.91 Å². The van der Waals surface area contributed by atoms with Crippen LogP contribution in [0.15, 0.2) is 43.1 Å². The molecule has 1 spiro atoms. The lowest BCUT2D eigenvalue weighted by atomic mass is 9.79. The number of aromatic nitrogens is 3. The Labute approximate surface area is 170 Å². The number of imidazole rings is 1. The van der Waals surface area contributed by atoms with Gasteiger partial charge >= 0.3 is 0 Å². The summed E-state index contributed by atoms with van der Waals surface area (Å²) in [5.41, 5.74) is 0.267. The minimum absolute atomic E-state index is 0.118. The number of hydrogen-bond acceptors (Lipinski definition) is 5. The lowest BCUT2D eigenvalue weighted by Gasteiger charge is -2.46. The van der Waals surface area contributed by atoms with Crippen molar-refractivity contribution in [1.82, 2.24) is 24.8 Å². The van der Waals surface area contributed by atoms with Crippen LogP contribution >= 0.6 is 0 Å². The number of nitrogens with one attached hydrogen (secondary N) is 1. The lowest BCUT2D eigenvalue weighted by molar-refractivity contribution is -0.147. The van der Waals surface area contributed by atoms with Crippen molar-refractivity contribution >= 4 is 11.8 Å². The SMILES string of the molecule is O=C(NCC1CCOC2(CCN(C(=O)Cn3ccnc3)CC2)C1)c1ccccn1. The van der Waals surface area contributed by atoms with E-state index in [0.29, 0.717) is 44.4 Å². The second kappa shape index (κ2) is 8.73. The Morgan fingerprint density at radius 1 is 1.24 bits per heavy atom. The van der Waals surface area contributed by atoms with Gasteiger partial charge in [-0.2, -0.15) is 0 Å². The topological polar surface area (TPSA) is 89.4 Å². The van der Waals surface area contributed by atoms with E-state index in [4.69, 9.17) is 4.74 Å². The highest BCUT2D eigenvalue weighted by Gasteiger charge is 2.41. The molecule has 1 atom stereocenters. The largest absolute Gasteiger partial charge is 0.375 e. The predicted molar refractivity (Wildman–Crippen MR) is 106 cm³/mol. The van der Waals surface area contributed by atoms with Gasteiger partial charge in [0.15, 0.2) is 0 Å². The highest BCUT2D eigenvalue weighted by atomic mass is 16.5. The van der Waals surface area contributed by atoms with Gasteiger partial charge in [0.1, 0.15) is 12.2 Å². The van der Waals surface area contributed by atoms with Gasteiger partial charge in [0.05, 0.1) is 11.9 Å². The number of ether oxygens (including phenoxy) is 1. The smallest absolute Gasteiger partial charge is 0.269 e. The molecule has 0 aliphatic carbocycles. The van der Waals surface area contributed by atoms with Gasteiger partial charge in [-0.15, -0.1) is 0 Å². The second-order valence-corrected chi connectivity index (χ2v) is 7.93. The monoisotopic (exact) mass is 397 g/mol. The Morgan fingerprint density at radius 2 is 2.10 bits per heavy atom. The van der Waals surface area contributed by atoms with Crippen molar-refractivity contribution < 1.29 is 14.3 Å². The summed E-state index contributed by atoms with van der Waals surface area (Å²) in [7, 11) is 0. The Morgan fingerprint density at radius 3 is 2.83 bits per heavy atom. The summed E-state index contributed by atoms with van der Waals surface area (Å²) in [4.78, 5) is 34.7. The van der Waals surface area contributed by atoms with E-state index in [1.54, 1.807) is 41.6 Å². The predicted octanol–water partition coefficient (Wildman–Crippen LogP) is 1.50. The third-order valence-electron chi connectivity index (χ3n) is 5.95. The van der Waals surface area contributed by atoms with Crippen LogP contribution in [0.4, 0.5) is 0 Å². The van der Waals surface area contributed by atoms with E-state index in [2.05, 4.69) is 15.3 Å². The van der Waals surface area contributed by atoms with Crippen LogP contribution < -0.4 is 5.32 Å². The maximum absolute atomic E-state index is 12.5. The van der Waals surface area contributed by atoms with E-state index in [1.807, 2.05) is 11.0 Å². The fourth-order valence-electron chi connectivity index (χ4n) is 4.28. The van der Waals surface area contributed by atoms with Crippen LogP contribution in [-0.4, -0.2) is 63.1 Å². The normalized spacial score (nSPS) is 21.1. The van der Waals surface area contributed by atoms with Crippen molar-refractivity contribution in [2.24, 2.45) is 5.92 Å². The van der Waals surface area contributed by atoms with Crippen LogP contribution in [-0.2, 0) is 16.1 Å². The van der Waals surface area contributed by atoms with Gasteiger partial charge in [-0.1, -0.05) is 6.07 Å². The molecule has 0 aromatic carbocycles. The van der Waals surface area contributed by atoms with Crippen LogP contribution in [0, 0.1) is 5.92 Å². The van der Waals surface area contributed by atoms with Crippen molar-refractivity contribution in [3.05, 3.63) is 48.8 Å². The molecule has 2 aromatic rings. The Balaban J connectivity index is 1.26. The molecule has 2 fully saturated rings. The summed E-state index contributed by atoms with van der Waals surface area (Å²) in [6, 6.07) is 5.33. The average Bonchev–Trinajstić information content (AvgIpc) is 3.26. The molecule has 0 radical (unpaired) electrons. The van der Waals surface area contributed by atoms with Gasteiger partial charge in [0, 0.05) is 44.8 Å². The van der Waals surface area contributed by atoms with Crippen molar-refractivity contribution in [2.75, 3.05) is 26.2 Å². The van der Waals surface area contributed by atoms with E-state index in [9.17, 15) is 9.59 Å². The zero-order chi connectivity index (χ0) is 20.1. The number of rotatable bonds is 5. The highest BCUT2D eigenvalue weighted by molar-refractivity contribution is 5.92. The van der Waals surface area contributed by atoms with Crippen LogP contribution in [0.2, 0.25) is 0 Å². The molecule has 29 heavy (non-hydrogen) atoms. The minimum atomic E-state index is -0.176. The molecule has 1 N–H and O–H groups in total. The van der Waals surface area contributed by atoms with Gasteiger partial charge in [-0.05, 0) is 43.7 Å². The summed E-state index contributed by atoms with van der Waals surface area (Å²) in [5.74, 6) is 0.364. The molecule has 0 saturated carbocycles. The van der Waals surface area contributed by atoms with Gasteiger partial charge in [-0.3, -0.25) is 14.6 Å². The minimum Gasteiger partial charge on any atom is -0.375 e. The number of amides is 2. The molecule has 154 valence electrons. The fraction of sp³-hybridized carbons (Fsp3) is 0.524. The average molecular weight is 397 g/mol. The quantitative estimate of drug-likeness (QED) is 0.826. The summed E-state index contributed by atoms with van der Waals surface area (Å²) in [6.07, 6.45) is 10.3. The van der Waals surface area contributed by atoms with Crippen LogP contribution in [0.1, 0.15) is 36.2 Å². The van der Waals surface area contributed by atoms with E-state index in [0.717, 1.165) is 25.7 Å². The Kier molecular flexibility index (Phi) is 5.89. The third kappa shape index (κ3) is 4.82. The number of likely N-dealkylation sites (tertiary alicyclic amines) is 1. The molecule has 2 aromatic heterocycles. The van der Waals surface area contributed by atoms with E-state index >= 15 is 0 Å². The third-order valence-corrected chi connectivity index (χ3v) is 5.95. The van der Waals surface area contributed by atoms with Gasteiger partial charge in [-0.25, -0.2) is 4.98 Å². The number of carbonyl (C=O) groups excluding carboxylic acids is 2. The van der Waals surface area contributed by atoms with Crippen LogP contribution in [0.3, 0.4) is 0 Å². The van der Waals surface area contributed by atoms with Crippen LogP contribution in [0.5, 0.6) is 0 Å². The molecule has 8 nitrogen and oxygen atoms in total. The molecular formula is C21H27N5O3. The molecule has 8 heteroatoms. The Hall–Kier alpha value is -2.74. The summed E-state index contributed by atoms with van der Waals surface area (Å²) in [6.45, 7) is 3.08. The summed E-state index contributed by atoms with van der Waals surface area (Å²) >= 11 is 0. The number of nitrogens with zero attached hydrogens (tertiary/aromatic N) is 4. The molecule has 1 unspecified atom stereocenters. The standard InChI is InChI=1S/C21H27N5O3/c27-19(15-25-11-8-22-16-25)26-9-5-21(6-10-26)13-17(4-12-29-21)14-24-20(28)18-3-1-2-7-23-18/h1-3,7-8,11,16-17H,4-6,9-10,12-15H2,(H,24,28). The first-order chi connectivity index (χ1) is 14.1. The number of pyridine rings is 1. The zero-order valence-electron chi connectivity index (χ0n) is 16.5. The fourth-order valence-corrected chi connectivity index (χ4v) is 4.28. The molecule has 2 aliphatic heterocycles. The van der Waals surface area contributed by atoms with E-state index < -0.39 is 0 Å². The second-order valence-electron chi connectivity index (χ2n) is 7.93. The maximum atomic E-state index is 12.5. The zero-order valence-corrected chi connectivity index (χ0v) is 16.5. The van der Waals surface area contributed by atoms with E-state index in [1.165, 1.54) is 0 Å². The molecule has 2 aliphatic rings. The molecule has 2 amide bonds. The summed E-state index contributed by atoms with van der Waals surface area (Å²) < 4.78 is 7.98. The van der Waals surface area contributed by atoms with E-state index in [-0.39, 0.29) is 17.4 Å². The molecule has 0 bridgehead atoms. The van der Waals surface area contributed by atoms with Crippen molar-refractivity contribution in [3.8, 4) is 0 Å². The first-order valence-electron chi connectivity index (χ1n) is 10.2. The number of piperidine rings is 1. The molecule has 4 heterocycles. The number of carbonyl (C=O) groups is 2. The Bertz CT molecular complexity index is 816. The van der Waals surface area contributed by atoms with Crippen LogP contribution in [0.25, 0.3) is 0 Å². The number of hydrogen-bond donors (Lipinski definition) is 1. The molecule has 4 rings (SSSR count). The maximum Gasteiger partial charge on any atom is 0.269 e. The molecular weight excluding hydrogens is 370 g/mol. The lowest BCUT2D eigenvalue weighted by Crippen LogP contribution is -2.52. The van der Waals surface area contributed by atoms with Crippen molar-refractivity contribution in [3.63, 3.8) is 0 Å². The first kappa shape index (κ1) is 19.6. The highest BCUT2D eigenvalue weighted by Crippen LogP contribution is 2.37.